The molecule has 1 aromatic carbocycles. The van der Waals surface area contributed by atoms with Crippen molar-refractivity contribution in [3.05, 3.63) is 59.1 Å². The average molecular weight is 359 g/mol. The van der Waals surface area contributed by atoms with Crippen LogP contribution in [0, 0.1) is 6.92 Å². The Morgan fingerprint density at radius 1 is 1.12 bits per heavy atom. The standard InChI is InChI=1S/C17H19ClN6O/c1-3-24-12(2)13(8-20-24)10-23-11-16(9-19-23)22-17(25)21-15-6-4-14(18)5-7-15/h4-9,11H,3,10H2,1-2H3,(H2,21,22,25). The van der Waals surface area contributed by atoms with E-state index < -0.39 is 0 Å². The van der Waals surface area contributed by atoms with Gasteiger partial charge in [0.1, 0.15) is 0 Å². The van der Waals surface area contributed by atoms with Gasteiger partial charge in [-0.15, -0.1) is 0 Å². The van der Waals surface area contributed by atoms with Crippen LogP contribution in [0.15, 0.2) is 42.9 Å². The molecule has 0 fully saturated rings. The van der Waals surface area contributed by atoms with Gasteiger partial charge in [-0.25, -0.2) is 4.79 Å². The van der Waals surface area contributed by atoms with Crippen LogP contribution in [0.1, 0.15) is 18.2 Å². The SMILES string of the molecule is CCn1ncc(Cn2cc(NC(=O)Nc3ccc(Cl)cc3)cn2)c1C. The summed E-state index contributed by atoms with van der Waals surface area (Å²) < 4.78 is 3.71. The van der Waals surface area contributed by atoms with Gasteiger partial charge in [0.25, 0.3) is 0 Å². The van der Waals surface area contributed by atoms with E-state index in [1.54, 1.807) is 41.3 Å². The summed E-state index contributed by atoms with van der Waals surface area (Å²) in [5.41, 5.74) is 3.50. The second-order valence-electron chi connectivity index (χ2n) is 5.58. The second kappa shape index (κ2) is 7.40. The maximum atomic E-state index is 12.0. The highest BCUT2D eigenvalue weighted by Crippen LogP contribution is 2.15. The lowest BCUT2D eigenvalue weighted by Gasteiger charge is -2.06. The first-order valence-electron chi connectivity index (χ1n) is 7.92. The molecule has 8 heteroatoms. The Morgan fingerprint density at radius 2 is 1.84 bits per heavy atom. The number of rotatable bonds is 5. The first-order valence-corrected chi connectivity index (χ1v) is 8.30. The molecule has 0 saturated heterocycles. The van der Waals surface area contributed by atoms with Crippen LogP contribution in [0.4, 0.5) is 16.2 Å². The van der Waals surface area contributed by atoms with Crippen molar-refractivity contribution in [2.24, 2.45) is 0 Å². The molecule has 130 valence electrons. The maximum absolute atomic E-state index is 12.0. The third-order valence-electron chi connectivity index (χ3n) is 3.83. The van der Waals surface area contributed by atoms with Crippen molar-refractivity contribution in [3.8, 4) is 0 Å². The van der Waals surface area contributed by atoms with Crippen molar-refractivity contribution in [2.45, 2.75) is 26.9 Å². The van der Waals surface area contributed by atoms with Gasteiger partial charge in [-0.05, 0) is 38.1 Å². The zero-order valence-corrected chi connectivity index (χ0v) is 14.8. The fraction of sp³-hybridized carbons (Fsp3) is 0.235. The molecule has 25 heavy (non-hydrogen) atoms. The molecule has 0 aliphatic carbocycles. The minimum atomic E-state index is -0.336. The number of urea groups is 1. The predicted molar refractivity (Wildman–Crippen MR) is 98.1 cm³/mol. The molecule has 2 heterocycles. The highest BCUT2D eigenvalue weighted by molar-refractivity contribution is 6.30. The normalized spacial score (nSPS) is 10.7. The topological polar surface area (TPSA) is 76.8 Å². The minimum Gasteiger partial charge on any atom is -0.308 e. The molecule has 0 radical (unpaired) electrons. The van der Waals surface area contributed by atoms with Gasteiger partial charge in [0, 0.05) is 34.7 Å². The Balaban J connectivity index is 1.60. The summed E-state index contributed by atoms with van der Waals surface area (Å²) in [5.74, 6) is 0. The maximum Gasteiger partial charge on any atom is 0.323 e. The number of aromatic nitrogens is 4. The highest BCUT2D eigenvalue weighted by Gasteiger charge is 2.08. The van der Waals surface area contributed by atoms with E-state index in [9.17, 15) is 4.79 Å². The van der Waals surface area contributed by atoms with Crippen molar-refractivity contribution >= 4 is 29.0 Å². The van der Waals surface area contributed by atoms with Crippen molar-refractivity contribution in [3.63, 3.8) is 0 Å². The number of carbonyl (C=O) groups excluding carboxylic acids is 1. The number of nitrogens with one attached hydrogen (secondary N) is 2. The molecule has 0 aliphatic rings. The third kappa shape index (κ3) is 4.19. The zero-order valence-electron chi connectivity index (χ0n) is 14.0. The molecule has 2 aromatic heterocycles. The van der Waals surface area contributed by atoms with Gasteiger partial charge in [0.2, 0.25) is 0 Å². The Labute approximate surface area is 150 Å². The van der Waals surface area contributed by atoms with E-state index in [0.717, 1.165) is 17.8 Å². The van der Waals surface area contributed by atoms with Crippen LogP contribution in [-0.4, -0.2) is 25.6 Å². The molecular weight excluding hydrogens is 340 g/mol. The van der Waals surface area contributed by atoms with Gasteiger partial charge in [0.15, 0.2) is 0 Å². The summed E-state index contributed by atoms with van der Waals surface area (Å²) >= 11 is 5.82. The second-order valence-corrected chi connectivity index (χ2v) is 6.02. The molecule has 0 atom stereocenters. The summed E-state index contributed by atoms with van der Waals surface area (Å²) in [6.07, 6.45) is 5.24. The molecule has 2 N–H and O–H groups in total. The number of hydrogen-bond acceptors (Lipinski definition) is 3. The van der Waals surface area contributed by atoms with Crippen LogP contribution < -0.4 is 10.6 Å². The number of carbonyl (C=O) groups is 1. The highest BCUT2D eigenvalue weighted by atomic mass is 35.5. The third-order valence-corrected chi connectivity index (χ3v) is 4.08. The van der Waals surface area contributed by atoms with Crippen molar-refractivity contribution in [1.29, 1.82) is 0 Å². The van der Waals surface area contributed by atoms with Gasteiger partial charge in [-0.3, -0.25) is 9.36 Å². The number of amides is 2. The molecule has 3 rings (SSSR count). The molecule has 7 nitrogen and oxygen atoms in total. The number of nitrogens with zero attached hydrogens (tertiary/aromatic N) is 4. The fourth-order valence-corrected chi connectivity index (χ4v) is 2.60. The number of halogens is 1. The molecule has 0 aliphatic heterocycles. The Morgan fingerprint density at radius 3 is 2.52 bits per heavy atom. The molecule has 2 amide bonds. The smallest absolute Gasteiger partial charge is 0.308 e. The number of anilines is 2. The zero-order chi connectivity index (χ0) is 17.8. The van der Waals surface area contributed by atoms with E-state index in [0.29, 0.717) is 22.9 Å². The Bertz CT molecular complexity index is 868. The Kier molecular flexibility index (Phi) is 5.04. The lowest BCUT2D eigenvalue weighted by Crippen LogP contribution is -2.19. The molecule has 0 saturated carbocycles. The van der Waals surface area contributed by atoms with E-state index in [1.165, 1.54) is 0 Å². The number of benzene rings is 1. The predicted octanol–water partition coefficient (Wildman–Crippen LogP) is 3.75. The van der Waals surface area contributed by atoms with Gasteiger partial charge in [-0.1, -0.05) is 11.6 Å². The van der Waals surface area contributed by atoms with Crippen LogP contribution in [0.5, 0.6) is 0 Å². The lowest BCUT2D eigenvalue weighted by molar-refractivity contribution is 0.262. The van der Waals surface area contributed by atoms with Gasteiger partial charge in [-0.2, -0.15) is 10.2 Å². The minimum absolute atomic E-state index is 0.336. The van der Waals surface area contributed by atoms with Crippen LogP contribution in [-0.2, 0) is 13.1 Å². The summed E-state index contributed by atoms with van der Waals surface area (Å²) in [7, 11) is 0. The summed E-state index contributed by atoms with van der Waals surface area (Å²) in [5, 5.41) is 14.7. The molecule has 0 bridgehead atoms. The van der Waals surface area contributed by atoms with Gasteiger partial charge >= 0.3 is 6.03 Å². The van der Waals surface area contributed by atoms with Crippen molar-refractivity contribution in [1.82, 2.24) is 19.6 Å². The van der Waals surface area contributed by atoms with Crippen LogP contribution in [0.25, 0.3) is 0 Å². The van der Waals surface area contributed by atoms with Crippen LogP contribution in [0.2, 0.25) is 5.02 Å². The van der Waals surface area contributed by atoms with Crippen molar-refractivity contribution in [2.75, 3.05) is 10.6 Å². The van der Waals surface area contributed by atoms with Gasteiger partial charge in [0.05, 0.1) is 24.6 Å². The summed E-state index contributed by atoms with van der Waals surface area (Å²) in [6.45, 7) is 5.53. The monoisotopic (exact) mass is 358 g/mol. The van der Waals surface area contributed by atoms with Crippen LogP contribution in [0.3, 0.4) is 0 Å². The van der Waals surface area contributed by atoms with Crippen molar-refractivity contribution < 1.29 is 4.79 Å². The summed E-state index contributed by atoms with van der Waals surface area (Å²) in [6, 6.07) is 6.57. The molecule has 0 unspecified atom stereocenters. The first kappa shape index (κ1) is 17.0. The van der Waals surface area contributed by atoms with E-state index >= 15 is 0 Å². The summed E-state index contributed by atoms with van der Waals surface area (Å²) in [4.78, 5) is 12.0. The van der Waals surface area contributed by atoms with E-state index in [4.69, 9.17) is 11.6 Å². The van der Waals surface area contributed by atoms with E-state index in [2.05, 4.69) is 27.8 Å². The molecule has 3 aromatic rings. The van der Waals surface area contributed by atoms with E-state index in [1.807, 2.05) is 17.8 Å². The number of aryl methyl sites for hydroxylation is 1. The largest absolute Gasteiger partial charge is 0.323 e. The first-order chi connectivity index (χ1) is 12.0. The van der Waals surface area contributed by atoms with Crippen LogP contribution >= 0.6 is 11.6 Å². The lowest BCUT2D eigenvalue weighted by atomic mass is 10.2. The fourth-order valence-electron chi connectivity index (χ4n) is 2.48. The van der Waals surface area contributed by atoms with E-state index in [-0.39, 0.29) is 6.03 Å². The Hall–Kier alpha value is -2.80. The average Bonchev–Trinajstić information content (AvgIpc) is 3.17. The molecule has 0 spiro atoms. The van der Waals surface area contributed by atoms with Gasteiger partial charge < -0.3 is 10.6 Å². The molecular formula is C17H19ClN6O. The number of hydrogen-bond donors (Lipinski definition) is 2. The quantitative estimate of drug-likeness (QED) is 0.729.